The number of benzene rings is 2. The van der Waals surface area contributed by atoms with Crippen molar-refractivity contribution >= 4 is 33.0 Å². The van der Waals surface area contributed by atoms with Crippen LogP contribution in [-0.4, -0.2) is 49.5 Å². The van der Waals surface area contributed by atoms with Gasteiger partial charge in [-0.25, -0.2) is 12.8 Å². The number of nitrogens with one attached hydrogen (secondary N) is 1. The minimum absolute atomic E-state index is 0.183. The normalized spacial score (nSPS) is 14.6. The van der Waals surface area contributed by atoms with Gasteiger partial charge >= 0.3 is 0 Å². The lowest BCUT2D eigenvalue weighted by Gasteiger charge is -2.29. The number of hydrogen-bond donors (Lipinski definition) is 1. The molecule has 0 bridgehead atoms. The lowest BCUT2D eigenvalue weighted by molar-refractivity contribution is 0.122. The Morgan fingerprint density at radius 1 is 1.13 bits per heavy atom. The van der Waals surface area contributed by atoms with E-state index in [-0.39, 0.29) is 10.6 Å². The van der Waals surface area contributed by atoms with Gasteiger partial charge in [-0.15, -0.1) is 10.2 Å². The van der Waals surface area contributed by atoms with Crippen molar-refractivity contribution in [3.63, 3.8) is 0 Å². The van der Waals surface area contributed by atoms with Gasteiger partial charge in [0, 0.05) is 30.7 Å². The monoisotopic (exact) mass is 465 g/mol. The van der Waals surface area contributed by atoms with E-state index < -0.39 is 15.8 Å². The lowest BCUT2D eigenvalue weighted by atomic mass is 10.1. The van der Waals surface area contributed by atoms with Gasteiger partial charge < -0.3 is 14.2 Å². The van der Waals surface area contributed by atoms with Crippen LogP contribution in [0.25, 0.3) is 11.4 Å². The molecule has 0 unspecified atom stereocenters. The van der Waals surface area contributed by atoms with Crippen molar-refractivity contribution < 1.29 is 17.5 Å². The van der Waals surface area contributed by atoms with Gasteiger partial charge in [0.05, 0.1) is 29.5 Å². The molecular formula is C20H21ClFN5O3S. The summed E-state index contributed by atoms with van der Waals surface area (Å²) in [6.07, 6.45) is 0. The van der Waals surface area contributed by atoms with Crippen LogP contribution in [0, 0.1) is 12.7 Å². The predicted octanol–water partition coefficient (Wildman–Crippen LogP) is 3.22. The number of morpholine rings is 1. The molecule has 0 amide bonds. The molecule has 1 aliphatic rings. The Morgan fingerprint density at radius 3 is 2.52 bits per heavy atom. The third-order valence-electron chi connectivity index (χ3n) is 5.14. The summed E-state index contributed by atoms with van der Waals surface area (Å²) in [5.74, 6) is 0.501. The minimum Gasteiger partial charge on any atom is -0.378 e. The second-order valence-corrected chi connectivity index (χ2v) is 9.26. The van der Waals surface area contributed by atoms with Crippen LogP contribution < -0.4 is 9.62 Å². The number of nitrogens with zero attached hydrogens (tertiary/aromatic N) is 4. The second kappa shape index (κ2) is 8.45. The summed E-state index contributed by atoms with van der Waals surface area (Å²) in [7, 11) is -2.30. The van der Waals surface area contributed by atoms with Gasteiger partial charge in [0.25, 0.3) is 10.0 Å². The molecule has 4 rings (SSSR count). The Kier molecular flexibility index (Phi) is 5.87. The Labute approximate surface area is 184 Å². The lowest BCUT2D eigenvalue weighted by Crippen LogP contribution is -2.36. The van der Waals surface area contributed by atoms with Crippen LogP contribution in [0.2, 0.25) is 5.02 Å². The maximum absolute atomic E-state index is 14.7. The van der Waals surface area contributed by atoms with Gasteiger partial charge in [-0.05, 0) is 43.3 Å². The molecular weight excluding hydrogens is 445 g/mol. The number of aromatic nitrogens is 3. The Hall–Kier alpha value is -2.69. The van der Waals surface area contributed by atoms with Gasteiger partial charge in [0.1, 0.15) is 11.6 Å². The van der Waals surface area contributed by atoms with E-state index in [2.05, 4.69) is 14.9 Å². The quantitative estimate of drug-likeness (QED) is 0.622. The van der Waals surface area contributed by atoms with Crippen LogP contribution >= 0.6 is 11.6 Å². The summed E-state index contributed by atoms with van der Waals surface area (Å²) in [5.41, 5.74) is 1.08. The average molecular weight is 466 g/mol. The van der Waals surface area contributed by atoms with Crippen molar-refractivity contribution in [3.8, 4) is 11.4 Å². The fourth-order valence-corrected chi connectivity index (χ4v) is 4.61. The fourth-order valence-electron chi connectivity index (χ4n) is 3.35. The molecule has 164 valence electrons. The molecule has 0 spiro atoms. The van der Waals surface area contributed by atoms with E-state index >= 15 is 0 Å². The molecule has 1 N–H and O–H groups in total. The van der Waals surface area contributed by atoms with Crippen molar-refractivity contribution in [3.05, 3.63) is 53.1 Å². The van der Waals surface area contributed by atoms with Gasteiger partial charge in [-0.1, -0.05) is 11.6 Å². The van der Waals surface area contributed by atoms with Crippen LogP contribution in [-0.2, 0) is 21.8 Å². The highest BCUT2D eigenvalue weighted by Crippen LogP contribution is 2.32. The first-order valence-electron chi connectivity index (χ1n) is 9.57. The molecule has 11 heteroatoms. The number of anilines is 2. The highest BCUT2D eigenvalue weighted by Gasteiger charge is 2.22. The number of ether oxygens (including phenoxy) is 1. The zero-order valence-corrected chi connectivity index (χ0v) is 18.5. The smallest absolute Gasteiger partial charge is 0.262 e. The molecule has 8 nitrogen and oxygen atoms in total. The molecule has 0 atom stereocenters. The molecule has 31 heavy (non-hydrogen) atoms. The summed E-state index contributed by atoms with van der Waals surface area (Å²) in [6, 6.07) is 8.59. The average Bonchev–Trinajstić information content (AvgIpc) is 3.08. The summed E-state index contributed by atoms with van der Waals surface area (Å²) in [5, 5.41) is 8.54. The molecule has 0 saturated carbocycles. The minimum atomic E-state index is -4.07. The summed E-state index contributed by atoms with van der Waals surface area (Å²) in [6.45, 7) is 3.88. The van der Waals surface area contributed by atoms with E-state index in [4.69, 9.17) is 16.3 Å². The van der Waals surface area contributed by atoms with E-state index in [1.807, 2.05) is 4.90 Å². The maximum Gasteiger partial charge on any atom is 0.262 e. The molecule has 2 heterocycles. The van der Waals surface area contributed by atoms with Gasteiger partial charge in [0.2, 0.25) is 0 Å². The number of aryl methyl sites for hydroxylation is 1. The summed E-state index contributed by atoms with van der Waals surface area (Å²) in [4.78, 5) is 1.65. The molecule has 1 aromatic heterocycles. The Bertz CT molecular complexity index is 1230. The molecule has 1 aliphatic heterocycles. The highest BCUT2D eigenvalue weighted by atomic mass is 35.5. The maximum atomic E-state index is 14.7. The number of hydrogen-bond acceptors (Lipinski definition) is 6. The van der Waals surface area contributed by atoms with Crippen molar-refractivity contribution in [2.75, 3.05) is 35.9 Å². The van der Waals surface area contributed by atoms with Crippen molar-refractivity contribution in [1.29, 1.82) is 0 Å². The van der Waals surface area contributed by atoms with E-state index in [0.717, 1.165) is 6.07 Å². The van der Waals surface area contributed by atoms with Crippen LogP contribution in [0.15, 0.2) is 41.3 Å². The van der Waals surface area contributed by atoms with Gasteiger partial charge in [-0.3, -0.25) is 4.72 Å². The topological polar surface area (TPSA) is 89.3 Å². The number of halogens is 2. The van der Waals surface area contributed by atoms with Crippen molar-refractivity contribution in [2.24, 2.45) is 7.05 Å². The third kappa shape index (κ3) is 4.36. The summed E-state index contributed by atoms with van der Waals surface area (Å²) < 4.78 is 50.3. The zero-order chi connectivity index (χ0) is 22.2. The first-order chi connectivity index (χ1) is 14.8. The van der Waals surface area contributed by atoms with Crippen LogP contribution in [0.3, 0.4) is 0 Å². The third-order valence-corrected chi connectivity index (χ3v) is 6.74. The molecule has 2 aromatic carbocycles. The Morgan fingerprint density at radius 2 is 1.87 bits per heavy atom. The number of rotatable bonds is 5. The predicted molar refractivity (Wildman–Crippen MR) is 116 cm³/mol. The molecule has 0 radical (unpaired) electrons. The Balaban J connectivity index is 1.67. The van der Waals surface area contributed by atoms with E-state index in [1.54, 1.807) is 30.7 Å². The summed E-state index contributed by atoms with van der Waals surface area (Å²) >= 11 is 6.13. The van der Waals surface area contributed by atoms with Gasteiger partial charge in [-0.2, -0.15) is 0 Å². The number of sulfonamides is 1. The van der Waals surface area contributed by atoms with Crippen molar-refractivity contribution in [2.45, 2.75) is 11.8 Å². The van der Waals surface area contributed by atoms with Crippen LogP contribution in [0.1, 0.15) is 5.82 Å². The van der Waals surface area contributed by atoms with Crippen LogP contribution in [0.4, 0.5) is 15.8 Å². The zero-order valence-electron chi connectivity index (χ0n) is 17.0. The first-order valence-corrected chi connectivity index (χ1v) is 11.4. The van der Waals surface area contributed by atoms with Crippen LogP contribution in [0.5, 0.6) is 0 Å². The van der Waals surface area contributed by atoms with E-state index in [0.29, 0.717) is 54.2 Å². The largest absolute Gasteiger partial charge is 0.378 e. The van der Waals surface area contributed by atoms with Gasteiger partial charge in [0.15, 0.2) is 5.82 Å². The van der Waals surface area contributed by atoms with E-state index in [1.165, 1.54) is 18.2 Å². The molecule has 3 aromatic rings. The second-order valence-electron chi connectivity index (χ2n) is 7.14. The SMILES string of the molecule is Cc1nnc(-c2cc(Cl)ccc2NS(=O)(=O)c2ccc(N3CCOCC3)c(F)c2)n1C. The highest BCUT2D eigenvalue weighted by molar-refractivity contribution is 7.92. The van der Waals surface area contributed by atoms with E-state index in [9.17, 15) is 12.8 Å². The fraction of sp³-hybridized carbons (Fsp3) is 0.300. The van der Waals surface area contributed by atoms with Crippen molar-refractivity contribution in [1.82, 2.24) is 14.8 Å². The molecule has 0 aliphatic carbocycles. The molecule has 1 saturated heterocycles. The first kappa shape index (κ1) is 21.5. The molecule has 1 fully saturated rings. The standard InChI is InChI=1S/C20H21ClFN5O3S/c1-13-23-24-20(26(13)2)16-11-14(21)3-5-18(16)25-31(28,29)15-4-6-19(17(22)12-15)27-7-9-30-10-8-27/h3-6,11-12,25H,7-10H2,1-2H3.